The van der Waals surface area contributed by atoms with Gasteiger partial charge in [0, 0.05) is 10.7 Å². The molecule has 2 rings (SSSR count). The molecule has 0 aliphatic rings. The average Bonchev–Trinajstić information content (AvgIpc) is 2.51. The lowest BCUT2D eigenvalue weighted by atomic mass is 10.1. The maximum absolute atomic E-state index is 12.1. The van der Waals surface area contributed by atoms with E-state index in [0.717, 1.165) is 22.6 Å². The third-order valence-corrected chi connectivity index (χ3v) is 3.73. The fraction of sp³-hybridized carbons (Fsp3) is 0.278. The Hall–Kier alpha value is -2.20. The van der Waals surface area contributed by atoms with Crippen molar-refractivity contribution in [3.8, 4) is 5.75 Å². The maximum Gasteiger partial charge on any atom is 0.319 e. The van der Waals surface area contributed by atoms with Crippen molar-refractivity contribution in [1.82, 2.24) is 5.32 Å². The van der Waals surface area contributed by atoms with Gasteiger partial charge in [-0.3, -0.25) is 0 Å². The van der Waals surface area contributed by atoms with Crippen LogP contribution in [-0.2, 0) is 0 Å². The van der Waals surface area contributed by atoms with E-state index in [-0.39, 0.29) is 12.1 Å². The van der Waals surface area contributed by atoms with E-state index < -0.39 is 0 Å². The van der Waals surface area contributed by atoms with E-state index in [1.165, 1.54) is 0 Å². The largest absolute Gasteiger partial charge is 0.494 e. The number of anilines is 1. The van der Waals surface area contributed by atoms with E-state index in [9.17, 15) is 4.79 Å². The number of carbonyl (C=O) groups is 1. The Balaban J connectivity index is 1.97. The average molecular weight is 333 g/mol. The number of amides is 2. The summed E-state index contributed by atoms with van der Waals surface area (Å²) in [7, 11) is 0. The zero-order chi connectivity index (χ0) is 16.8. The molecule has 0 aliphatic heterocycles. The molecule has 0 bridgehead atoms. The lowest BCUT2D eigenvalue weighted by Crippen LogP contribution is -2.31. The molecule has 2 N–H and O–H groups in total. The Morgan fingerprint density at radius 3 is 2.52 bits per heavy atom. The van der Waals surface area contributed by atoms with Crippen LogP contribution < -0.4 is 15.4 Å². The summed E-state index contributed by atoms with van der Waals surface area (Å²) in [6, 6.07) is 12.6. The number of hydrogen-bond donors (Lipinski definition) is 2. The standard InChI is InChI=1S/C18H21ClN2O2/c1-4-23-16-9-10-17(12(2)11-16)21-18(22)20-13(3)14-5-7-15(19)8-6-14/h5-11,13H,4H2,1-3H3,(H2,20,21,22). The third-order valence-electron chi connectivity index (χ3n) is 3.47. The van der Waals surface area contributed by atoms with Gasteiger partial charge in [0.05, 0.1) is 12.6 Å². The van der Waals surface area contributed by atoms with Crippen LogP contribution in [0.25, 0.3) is 0 Å². The summed E-state index contributed by atoms with van der Waals surface area (Å²) in [5, 5.41) is 6.44. The first-order valence-corrected chi connectivity index (χ1v) is 7.94. The fourth-order valence-electron chi connectivity index (χ4n) is 2.22. The number of aryl methyl sites for hydroxylation is 1. The molecule has 1 atom stereocenters. The highest BCUT2D eigenvalue weighted by molar-refractivity contribution is 6.30. The highest BCUT2D eigenvalue weighted by atomic mass is 35.5. The van der Waals surface area contributed by atoms with Crippen molar-refractivity contribution in [1.29, 1.82) is 0 Å². The molecule has 0 radical (unpaired) electrons. The second-order valence-electron chi connectivity index (χ2n) is 5.28. The van der Waals surface area contributed by atoms with Gasteiger partial charge in [0.2, 0.25) is 0 Å². The van der Waals surface area contributed by atoms with Crippen molar-refractivity contribution in [2.24, 2.45) is 0 Å². The van der Waals surface area contributed by atoms with Crippen molar-refractivity contribution >= 4 is 23.3 Å². The topological polar surface area (TPSA) is 50.4 Å². The number of urea groups is 1. The Labute approximate surface area is 141 Å². The smallest absolute Gasteiger partial charge is 0.319 e. The number of benzene rings is 2. The fourth-order valence-corrected chi connectivity index (χ4v) is 2.35. The molecule has 5 heteroatoms. The second-order valence-corrected chi connectivity index (χ2v) is 5.72. The molecule has 0 saturated heterocycles. The van der Waals surface area contributed by atoms with Crippen molar-refractivity contribution < 1.29 is 9.53 Å². The molecular formula is C18H21ClN2O2. The molecule has 23 heavy (non-hydrogen) atoms. The van der Waals surface area contributed by atoms with Gasteiger partial charge in [0.25, 0.3) is 0 Å². The Morgan fingerprint density at radius 1 is 1.22 bits per heavy atom. The molecule has 0 saturated carbocycles. The van der Waals surface area contributed by atoms with Crippen LogP contribution in [0.5, 0.6) is 5.75 Å². The summed E-state index contributed by atoms with van der Waals surface area (Å²) >= 11 is 5.87. The van der Waals surface area contributed by atoms with Crippen molar-refractivity contribution in [2.75, 3.05) is 11.9 Å². The van der Waals surface area contributed by atoms with Crippen molar-refractivity contribution in [3.05, 3.63) is 58.6 Å². The van der Waals surface area contributed by atoms with Gasteiger partial charge in [-0.05, 0) is 62.2 Å². The van der Waals surface area contributed by atoms with Gasteiger partial charge in [-0.15, -0.1) is 0 Å². The molecule has 0 fully saturated rings. The minimum atomic E-state index is -0.250. The van der Waals surface area contributed by atoms with E-state index in [0.29, 0.717) is 11.6 Å². The van der Waals surface area contributed by atoms with E-state index in [1.54, 1.807) is 0 Å². The third kappa shape index (κ3) is 4.89. The van der Waals surface area contributed by atoms with Crippen molar-refractivity contribution in [3.63, 3.8) is 0 Å². The SMILES string of the molecule is CCOc1ccc(NC(=O)NC(C)c2ccc(Cl)cc2)c(C)c1. The van der Waals surface area contributed by atoms with E-state index in [1.807, 2.05) is 63.2 Å². The maximum atomic E-state index is 12.1. The van der Waals surface area contributed by atoms with E-state index >= 15 is 0 Å². The number of rotatable bonds is 5. The minimum absolute atomic E-state index is 0.115. The van der Waals surface area contributed by atoms with Gasteiger partial charge in [-0.25, -0.2) is 4.79 Å². The van der Waals surface area contributed by atoms with Crippen LogP contribution in [0.1, 0.15) is 31.0 Å². The number of carbonyl (C=O) groups excluding carboxylic acids is 1. The number of hydrogen-bond acceptors (Lipinski definition) is 2. The quantitative estimate of drug-likeness (QED) is 0.815. The Kier molecular flexibility index (Phi) is 5.88. The number of halogens is 1. The molecule has 0 aromatic heterocycles. The zero-order valence-corrected chi connectivity index (χ0v) is 14.3. The summed E-state index contributed by atoms with van der Waals surface area (Å²) < 4.78 is 5.44. The molecule has 4 nitrogen and oxygen atoms in total. The van der Waals surface area contributed by atoms with Gasteiger partial charge in [0.1, 0.15) is 5.75 Å². The molecule has 0 aliphatic carbocycles. The molecule has 2 aromatic carbocycles. The van der Waals surface area contributed by atoms with Crippen LogP contribution in [-0.4, -0.2) is 12.6 Å². The summed E-state index contributed by atoms with van der Waals surface area (Å²) in [4.78, 5) is 12.1. The van der Waals surface area contributed by atoms with Gasteiger partial charge in [-0.1, -0.05) is 23.7 Å². The normalized spacial score (nSPS) is 11.7. The first-order chi connectivity index (χ1) is 11.0. The molecule has 2 amide bonds. The first-order valence-electron chi connectivity index (χ1n) is 7.56. The number of ether oxygens (including phenoxy) is 1. The monoisotopic (exact) mass is 332 g/mol. The van der Waals surface area contributed by atoms with Crippen LogP contribution in [0.2, 0.25) is 5.02 Å². The highest BCUT2D eigenvalue weighted by Crippen LogP contribution is 2.22. The summed E-state index contributed by atoms with van der Waals surface area (Å²) in [5.41, 5.74) is 2.70. The zero-order valence-electron chi connectivity index (χ0n) is 13.5. The highest BCUT2D eigenvalue weighted by Gasteiger charge is 2.11. The summed E-state index contributed by atoms with van der Waals surface area (Å²) in [6.45, 7) is 6.41. The predicted octanol–water partition coefficient (Wildman–Crippen LogP) is 4.93. The van der Waals surface area contributed by atoms with Gasteiger partial charge >= 0.3 is 6.03 Å². The van der Waals surface area contributed by atoms with Crippen LogP contribution in [0.4, 0.5) is 10.5 Å². The summed E-state index contributed by atoms with van der Waals surface area (Å²) in [5.74, 6) is 0.797. The van der Waals surface area contributed by atoms with Crippen LogP contribution in [0.3, 0.4) is 0 Å². The van der Waals surface area contributed by atoms with E-state index in [4.69, 9.17) is 16.3 Å². The summed E-state index contributed by atoms with van der Waals surface area (Å²) in [6.07, 6.45) is 0. The molecular weight excluding hydrogens is 312 g/mol. The van der Waals surface area contributed by atoms with Crippen LogP contribution in [0.15, 0.2) is 42.5 Å². The minimum Gasteiger partial charge on any atom is -0.494 e. The van der Waals surface area contributed by atoms with Gasteiger partial charge < -0.3 is 15.4 Å². The van der Waals surface area contributed by atoms with E-state index in [2.05, 4.69) is 10.6 Å². The van der Waals surface area contributed by atoms with Crippen LogP contribution in [0, 0.1) is 6.92 Å². The number of nitrogens with one attached hydrogen (secondary N) is 2. The second kappa shape index (κ2) is 7.88. The van der Waals surface area contributed by atoms with Crippen LogP contribution >= 0.6 is 11.6 Å². The molecule has 1 unspecified atom stereocenters. The first kappa shape index (κ1) is 17.2. The molecule has 0 spiro atoms. The molecule has 122 valence electrons. The molecule has 0 heterocycles. The molecule has 2 aromatic rings. The van der Waals surface area contributed by atoms with Gasteiger partial charge in [-0.2, -0.15) is 0 Å². The predicted molar refractivity (Wildman–Crippen MR) is 94.4 cm³/mol. The Bertz CT molecular complexity index is 671. The van der Waals surface area contributed by atoms with Gasteiger partial charge in [0.15, 0.2) is 0 Å². The lowest BCUT2D eigenvalue weighted by molar-refractivity contribution is 0.249. The van der Waals surface area contributed by atoms with Crippen molar-refractivity contribution in [2.45, 2.75) is 26.8 Å². The Morgan fingerprint density at radius 2 is 1.91 bits per heavy atom. The lowest BCUT2D eigenvalue weighted by Gasteiger charge is -2.16.